The summed E-state index contributed by atoms with van der Waals surface area (Å²) >= 11 is 0. The fraction of sp³-hybridized carbons (Fsp3) is 0.455. The van der Waals surface area contributed by atoms with Gasteiger partial charge in [-0.05, 0) is 19.9 Å². The van der Waals surface area contributed by atoms with Crippen molar-refractivity contribution in [1.82, 2.24) is 24.8 Å². The monoisotopic (exact) mass is 303 g/mol. The van der Waals surface area contributed by atoms with E-state index >= 15 is 0 Å². The van der Waals surface area contributed by atoms with Crippen molar-refractivity contribution in [3.63, 3.8) is 0 Å². The molecule has 0 bridgehead atoms. The van der Waals surface area contributed by atoms with Crippen LogP contribution in [0.3, 0.4) is 0 Å². The van der Waals surface area contributed by atoms with E-state index < -0.39 is 23.5 Å². The molecule has 0 spiro atoms. The quantitative estimate of drug-likeness (QED) is 0.926. The third-order valence-corrected chi connectivity index (χ3v) is 2.80. The molecule has 0 aromatic carbocycles. The number of aromatic nitrogens is 5. The summed E-state index contributed by atoms with van der Waals surface area (Å²) in [7, 11) is 0. The lowest BCUT2D eigenvalue weighted by Crippen LogP contribution is -2.20. The first kappa shape index (κ1) is 15.0. The summed E-state index contributed by atoms with van der Waals surface area (Å²) in [6.45, 7) is 3.73. The Hall–Kier alpha value is -2.39. The van der Waals surface area contributed by atoms with E-state index in [2.05, 4.69) is 15.4 Å². The summed E-state index contributed by atoms with van der Waals surface area (Å²) in [6.07, 6.45) is -4.86. The lowest BCUT2D eigenvalue weighted by Gasteiger charge is -2.10. The van der Waals surface area contributed by atoms with Crippen molar-refractivity contribution in [2.24, 2.45) is 0 Å². The second-order valence-corrected chi connectivity index (χ2v) is 4.34. The molecule has 2 aromatic rings. The predicted octanol–water partition coefficient (Wildman–Crippen LogP) is 1.57. The van der Waals surface area contributed by atoms with E-state index in [1.54, 1.807) is 19.9 Å². The third kappa shape index (κ3) is 2.88. The minimum Gasteiger partial charge on any atom is -0.476 e. The Morgan fingerprint density at radius 3 is 2.57 bits per heavy atom. The molecule has 0 atom stereocenters. The van der Waals surface area contributed by atoms with Gasteiger partial charge in [-0.2, -0.15) is 18.3 Å². The van der Waals surface area contributed by atoms with E-state index in [0.717, 1.165) is 0 Å². The molecule has 2 rings (SSSR count). The average molecular weight is 303 g/mol. The van der Waals surface area contributed by atoms with Crippen molar-refractivity contribution >= 4 is 5.97 Å². The van der Waals surface area contributed by atoms with Gasteiger partial charge in [-0.1, -0.05) is 5.21 Å². The van der Waals surface area contributed by atoms with E-state index in [1.165, 1.54) is 4.68 Å². The zero-order valence-corrected chi connectivity index (χ0v) is 11.2. The van der Waals surface area contributed by atoms with Crippen LogP contribution in [0.1, 0.15) is 34.5 Å². The second-order valence-electron chi connectivity index (χ2n) is 4.34. The third-order valence-electron chi connectivity index (χ3n) is 2.80. The van der Waals surface area contributed by atoms with Crippen molar-refractivity contribution in [3.8, 4) is 0 Å². The molecular weight excluding hydrogens is 291 g/mol. The molecular formula is C11H12F3N5O2. The van der Waals surface area contributed by atoms with Gasteiger partial charge >= 0.3 is 12.1 Å². The lowest BCUT2D eigenvalue weighted by atomic mass is 10.3. The number of aryl methyl sites for hydroxylation is 2. The highest BCUT2D eigenvalue weighted by Gasteiger charge is 2.41. The highest BCUT2D eigenvalue weighted by Crippen LogP contribution is 2.31. The zero-order chi connectivity index (χ0) is 15.8. The van der Waals surface area contributed by atoms with Crippen LogP contribution in [0.15, 0.2) is 6.07 Å². The number of nitrogens with zero attached hydrogens (tertiary/aromatic N) is 5. The molecule has 21 heavy (non-hydrogen) atoms. The Balaban J connectivity index is 2.47. The summed E-state index contributed by atoms with van der Waals surface area (Å²) in [5, 5.41) is 19.3. The Kier molecular flexibility index (Phi) is 3.71. The standard InChI is InChI=1S/C11H12F3N5O2/c1-3-18-7(4-6(2)16-18)5-19-9(11(12,13)14)8(10(20)21)15-17-19/h4H,3,5H2,1-2H3,(H,20,21). The maximum atomic E-state index is 13.0. The van der Waals surface area contributed by atoms with Gasteiger partial charge in [0, 0.05) is 6.54 Å². The molecule has 0 aliphatic carbocycles. The van der Waals surface area contributed by atoms with E-state index in [1.807, 2.05) is 0 Å². The first-order valence-corrected chi connectivity index (χ1v) is 6.01. The van der Waals surface area contributed by atoms with Crippen molar-refractivity contribution in [2.75, 3.05) is 0 Å². The number of hydrogen-bond acceptors (Lipinski definition) is 4. The van der Waals surface area contributed by atoms with Gasteiger partial charge in [0.25, 0.3) is 0 Å². The van der Waals surface area contributed by atoms with Crippen LogP contribution >= 0.6 is 0 Å². The van der Waals surface area contributed by atoms with Gasteiger partial charge < -0.3 is 5.11 Å². The molecule has 2 aromatic heterocycles. The first-order chi connectivity index (χ1) is 9.74. The smallest absolute Gasteiger partial charge is 0.435 e. The van der Waals surface area contributed by atoms with Gasteiger partial charge in [0.05, 0.1) is 17.9 Å². The molecule has 0 aliphatic rings. The number of carbonyl (C=O) groups is 1. The number of carboxylic acid groups (broad SMARTS) is 1. The van der Waals surface area contributed by atoms with Crippen LogP contribution in [0.2, 0.25) is 0 Å². The van der Waals surface area contributed by atoms with Gasteiger partial charge in [-0.15, -0.1) is 5.10 Å². The van der Waals surface area contributed by atoms with Crippen LogP contribution < -0.4 is 0 Å². The summed E-state index contributed by atoms with van der Waals surface area (Å²) in [6, 6.07) is 1.62. The van der Waals surface area contributed by atoms with E-state index in [0.29, 0.717) is 22.6 Å². The van der Waals surface area contributed by atoms with Crippen molar-refractivity contribution in [3.05, 3.63) is 28.8 Å². The van der Waals surface area contributed by atoms with E-state index in [-0.39, 0.29) is 6.54 Å². The molecule has 0 saturated carbocycles. The van der Waals surface area contributed by atoms with E-state index in [4.69, 9.17) is 5.11 Å². The molecule has 114 valence electrons. The number of carboxylic acids is 1. The summed E-state index contributed by atoms with van der Waals surface area (Å²) in [4.78, 5) is 10.8. The topological polar surface area (TPSA) is 85.8 Å². The van der Waals surface area contributed by atoms with Gasteiger partial charge in [0.15, 0.2) is 5.69 Å². The minimum absolute atomic E-state index is 0.260. The Labute approximate surface area is 117 Å². The predicted molar refractivity (Wildman–Crippen MR) is 63.7 cm³/mol. The molecule has 10 heteroatoms. The normalized spacial score (nSPS) is 11.9. The Morgan fingerprint density at radius 1 is 1.38 bits per heavy atom. The van der Waals surface area contributed by atoms with Crippen LogP contribution in [0.25, 0.3) is 0 Å². The lowest BCUT2D eigenvalue weighted by molar-refractivity contribution is -0.144. The molecule has 0 unspecified atom stereocenters. The fourth-order valence-electron chi connectivity index (χ4n) is 2.00. The van der Waals surface area contributed by atoms with Gasteiger partial charge in [0.1, 0.15) is 0 Å². The molecule has 0 fully saturated rings. The van der Waals surface area contributed by atoms with Crippen LogP contribution in [-0.2, 0) is 19.3 Å². The Bertz CT molecular complexity index is 674. The van der Waals surface area contributed by atoms with Gasteiger partial charge in [-0.3, -0.25) is 4.68 Å². The maximum Gasteiger partial charge on any atom is 0.435 e. The molecule has 0 aliphatic heterocycles. The fourth-order valence-corrected chi connectivity index (χ4v) is 2.00. The zero-order valence-electron chi connectivity index (χ0n) is 11.2. The summed E-state index contributed by atoms with van der Waals surface area (Å²) in [5.74, 6) is -1.77. The van der Waals surface area contributed by atoms with Crippen LogP contribution in [0, 0.1) is 6.92 Å². The van der Waals surface area contributed by atoms with Crippen molar-refractivity contribution < 1.29 is 23.1 Å². The summed E-state index contributed by atoms with van der Waals surface area (Å²) < 4.78 is 41.1. The van der Waals surface area contributed by atoms with Crippen molar-refractivity contribution in [2.45, 2.75) is 33.1 Å². The van der Waals surface area contributed by atoms with Crippen LogP contribution in [0.5, 0.6) is 0 Å². The molecule has 2 heterocycles. The highest BCUT2D eigenvalue weighted by atomic mass is 19.4. The largest absolute Gasteiger partial charge is 0.476 e. The minimum atomic E-state index is -4.86. The number of halogens is 3. The van der Waals surface area contributed by atoms with Gasteiger partial charge in [0.2, 0.25) is 5.69 Å². The molecule has 7 nitrogen and oxygen atoms in total. The highest BCUT2D eigenvalue weighted by molar-refractivity contribution is 5.86. The number of aromatic carboxylic acids is 1. The number of hydrogen-bond donors (Lipinski definition) is 1. The second kappa shape index (κ2) is 5.19. The van der Waals surface area contributed by atoms with Crippen molar-refractivity contribution in [1.29, 1.82) is 0 Å². The first-order valence-electron chi connectivity index (χ1n) is 6.01. The molecule has 0 amide bonds. The SMILES string of the molecule is CCn1nc(C)cc1Cn1nnc(C(=O)O)c1C(F)(F)F. The van der Waals surface area contributed by atoms with Crippen LogP contribution in [-0.4, -0.2) is 35.9 Å². The maximum absolute atomic E-state index is 13.0. The van der Waals surface area contributed by atoms with E-state index in [9.17, 15) is 18.0 Å². The van der Waals surface area contributed by atoms with Gasteiger partial charge in [-0.25, -0.2) is 9.48 Å². The molecule has 1 N–H and O–H groups in total. The van der Waals surface area contributed by atoms with Crippen LogP contribution in [0.4, 0.5) is 13.2 Å². The average Bonchev–Trinajstić information content (AvgIpc) is 2.92. The molecule has 0 saturated heterocycles. The number of alkyl halides is 3. The molecule has 0 radical (unpaired) electrons. The Morgan fingerprint density at radius 2 is 2.05 bits per heavy atom. The number of rotatable bonds is 4. The summed E-state index contributed by atoms with van der Waals surface area (Å²) in [5.41, 5.74) is -1.35.